The van der Waals surface area contributed by atoms with E-state index in [1.54, 1.807) is 106 Å². The van der Waals surface area contributed by atoms with E-state index in [-0.39, 0.29) is 39.7 Å². The van der Waals surface area contributed by atoms with Gasteiger partial charge in [-0.1, -0.05) is 66.7 Å². The maximum atomic E-state index is 15.1. The standard InChI is InChI=1S/C55H31F12N3/c1-29-17-33(21-37(19-29)53(59,60)61)31-11-15-48-42(23-31)40-7-3-5-9-46(40)69(48)50-25-35(39-14-13-36(52(56,57)58)27-45(39)55(65,66)67)26-51(44(50)28-68)70-47-10-6-4-8-41(47)43-24-32(12-16-49(43)70)34-18-30(2)20-38(22-34)54(62,63)64/h3-27H,1-2H3. The largest absolute Gasteiger partial charge is 0.417 e. The summed E-state index contributed by atoms with van der Waals surface area (Å²) in [5, 5.41) is 13.4. The first-order valence-electron chi connectivity index (χ1n) is 21.3. The fourth-order valence-electron chi connectivity index (χ4n) is 9.49. The number of aryl methyl sites for hydroxylation is 2. The molecule has 0 unspecified atom stereocenters. The Hall–Kier alpha value is -7.99. The number of aromatic nitrogens is 2. The van der Waals surface area contributed by atoms with Crippen LogP contribution in [0.25, 0.3) is 88.4 Å². The fraction of sp³-hybridized carbons (Fsp3) is 0.109. The Kier molecular flexibility index (Phi) is 10.5. The Morgan fingerprint density at radius 1 is 0.371 bits per heavy atom. The van der Waals surface area contributed by atoms with E-state index in [2.05, 4.69) is 6.07 Å². The van der Waals surface area contributed by atoms with E-state index in [4.69, 9.17) is 0 Å². The lowest BCUT2D eigenvalue weighted by Crippen LogP contribution is -2.12. The average Bonchev–Trinajstić information content (AvgIpc) is 3.81. The van der Waals surface area contributed by atoms with E-state index in [9.17, 15) is 44.8 Å². The summed E-state index contributed by atoms with van der Waals surface area (Å²) in [5.41, 5.74) is -2.13. The van der Waals surface area contributed by atoms with E-state index in [1.165, 1.54) is 26.0 Å². The van der Waals surface area contributed by atoms with E-state index < -0.39 is 52.5 Å². The van der Waals surface area contributed by atoms with Crippen LogP contribution in [0.5, 0.6) is 0 Å². The third kappa shape index (κ3) is 7.86. The van der Waals surface area contributed by atoms with E-state index >= 15 is 13.2 Å². The molecule has 15 heteroatoms. The molecule has 0 radical (unpaired) electrons. The second-order valence-corrected chi connectivity index (χ2v) is 17.1. The molecule has 0 saturated carbocycles. The van der Waals surface area contributed by atoms with Crippen molar-refractivity contribution in [2.24, 2.45) is 0 Å². The quantitative estimate of drug-likeness (QED) is 0.158. The van der Waals surface area contributed by atoms with Crippen molar-refractivity contribution >= 4 is 43.6 Å². The zero-order chi connectivity index (χ0) is 49.8. The van der Waals surface area contributed by atoms with Gasteiger partial charge in [0.25, 0.3) is 0 Å². The van der Waals surface area contributed by atoms with Crippen LogP contribution in [-0.2, 0) is 24.7 Å². The molecule has 10 aromatic rings. The normalized spacial score (nSPS) is 12.7. The lowest BCUT2D eigenvalue weighted by molar-refractivity contribution is -0.143. The van der Waals surface area contributed by atoms with Gasteiger partial charge in [-0.25, -0.2) is 0 Å². The van der Waals surface area contributed by atoms with Crippen molar-refractivity contribution in [2.75, 3.05) is 0 Å². The highest BCUT2D eigenvalue weighted by Crippen LogP contribution is 2.46. The van der Waals surface area contributed by atoms with Crippen molar-refractivity contribution in [1.29, 1.82) is 5.26 Å². The van der Waals surface area contributed by atoms with Gasteiger partial charge in [0.1, 0.15) is 11.6 Å². The molecular weight excluding hydrogens is 931 g/mol. The summed E-state index contributed by atoms with van der Waals surface area (Å²) in [7, 11) is 0. The number of benzene rings is 8. The summed E-state index contributed by atoms with van der Waals surface area (Å²) >= 11 is 0. The SMILES string of the molecule is Cc1cc(-c2ccc3c(c2)c2ccccc2n3-c2cc(-c3ccc(C(F)(F)F)cc3C(F)(F)F)cc(-n3c4ccccc4c4cc(-c5cc(C)cc(C(F)(F)F)c5)ccc43)c2C#N)cc(C(F)(F)F)c1. The predicted octanol–water partition coefficient (Wildman–Crippen LogP) is 17.4. The van der Waals surface area contributed by atoms with Crippen LogP contribution in [0.1, 0.15) is 38.9 Å². The van der Waals surface area contributed by atoms with Gasteiger partial charge in [-0.05, 0) is 143 Å². The van der Waals surface area contributed by atoms with Crippen LogP contribution in [0.4, 0.5) is 52.7 Å². The Morgan fingerprint density at radius 3 is 1.21 bits per heavy atom. The van der Waals surface area contributed by atoms with Crippen LogP contribution in [0.15, 0.2) is 152 Å². The third-order valence-electron chi connectivity index (χ3n) is 12.5. The molecule has 8 aromatic carbocycles. The highest BCUT2D eigenvalue weighted by atomic mass is 19.4. The molecule has 0 aliphatic carbocycles. The van der Waals surface area contributed by atoms with Crippen LogP contribution >= 0.6 is 0 Å². The molecule has 0 aliphatic heterocycles. The zero-order valence-electron chi connectivity index (χ0n) is 36.3. The minimum atomic E-state index is -5.30. The van der Waals surface area contributed by atoms with Gasteiger partial charge in [-0.15, -0.1) is 0 Å². The fourth-order valence-corrected chi connectivity index (χ4v) is 9.49. The van der Waals surface area contributed by atoms with E-state index in [1.807, 2.05) is 0 Å². The number of alkyl halides is 12. The summed E-state index contributed by atoms with van der Waals surface area (Å²) in [6.45, 7) is 3.07. The van der Waals surface area contributed by atoms with Gasteiger partial charge in [0.15, 0.2) is 0 Å². The Balaban J connectivity index is 1.30. The smallest absolute Gasteiger partial charge is 0.308 e. The molecule has 0 bridgehead atoms. The van der Waals surface area contributed by atoms with Crippen LogP contribution in [-0.4, -0.2) is 9.13 Å². The lowest BCUT2D eigenvalue weighted by Gasteiger charge is -2.21. The number of halogens is 12. The highest BCUT2D eigenvalue weighted by Gasteiger charge is 2.39. The molecule has 0 aliphatic rings. The second kappa shape index (κ2) is 16.0. The van der Waals surface area contributed by atoms with Gasteiger partial charge >= 0.3 is 24.7 Å². The van der Waals surface area contributed by atoms with Gasteiger partial charge < -0.3 is 9.13 Å². The monoisotopic (exact) mass is 961 g/mol. The molecular formula is C55H31F12N3. The van der Waals surface area contributed by atoms with Crippen molar-refractivity contribution in [3.05, 3.63) is 191 Å². The summed E-state index contributed by atoms with van der Waals surface area (Å²) in [5.74, 6) is 0. The molecule has 0 N–H and O–H groups in total. The molecule has 0 atom stereocenters. The van der Waals surface area contributed by atoms with E-state index in [0.717, 1.165) is 30.3 Å². The molecule has 2 aromatic heterocycles. The number of hydrogen-bond acceptors (Lipinski definition) is 1. The first kappa shape index (κ1) is 45.8. The predicted molar refractivity (Wildman–Crippen MR) is 246 cm³/mol. The number of para-hydroxylation sites is 2. The van der Waals surface area contributed by atoms with Crippen LogP contribution in [0, 0.1) is 25.2 Å². The first-order chi connectivity index (χ1) is 33.0. The maximum absolute atomic E-state index is 15.1. The average molecular weight is 962 g/mol. The molecule has 0 amide bonds. The molecule has 3 nitrogen and oxygen atoms in total. The van der Waals surface area contributed by atoms with Crippen molar-refractivity contribution in [3.63, 3.8) is 0 Å². The molecule has 70 heavy (non-hydrogen) atoms. The van der Waals surface area contributed by atoms with Crippen LogP contribution in [0.2, 0.25) is 0 Å². The van der Waals surface area contributed by atoms with Gasteiger partial charge in [-0.2, -0.15) is 57.9 Å². The summed E-state index contributed by atoms with van der Waals surface area (Å²) in [6, 6.07) is 36.8. The zero-order valence-corrected chi connectivity index (χ0v) is 36.3. The van der Waals surface area contributed by atoms with Crippen molar-refractivity contribution < 1.29 is 52.7 Å². The third-order valence-corrected chi connectivity index (χ3v) is 12.5. The Bertz CT molecular complexity index is 3620. The minimum Gasteiger partial charge on any atom is -0.308 e. The Morgan fingerprint density at radius 2 is 0.800 bits per heavy atom. The van der Waals surface area contributed by atoms with Gasteiger partial charge in [0, 0.05) is 21.5 Å². The number of fused-ring (bicyclic) bond motifs is 6. The number of nitriles is 1. The molecule has 0 fully saturated rings. The molecule has 10 rings (SSSR count). The molecule has 0 saturated heterocycles. The summed E-state index contributed by atoms with van der Waals surface area (Å²) < 4.78 is 174. The first-order valence-corrected chi connectivity index (χ1v) is 21.3. The minimum absolute atomic E-state index is 0.0128. The lowest BCUT2D eigenvalue weighted by atomic mass is 9.94. The van der Waals surface area contributed by atoms with E-state index in [0.29, 0.717) is 71.9 Å². The van der Waals surface area contributed by atoms with Gasteiger partial charge in [0.05, 0.1) is 55.7 Å². The van der Waals surface area contributed by atoms with Crippen LogP contribution in [0.3, 0.4) is 0 Å². The van der Waals surface area contributed by atoms with Crippen molar-refractivity contribution in [3.8, 4) is 50.8 Å². The van der Waals surface area contributed by atoms with Gasteiger partial charge in [0.2, 0.25) is 0 Å². The summed E-state index contributed by atoms with van der Waals surface area (Å²) in [6.07, 6.45) is -19.7. The Labute approximate surface area is 389 Å². The highest BCUT2D eigenvalue weighted by molar-refractivity contribution is 6.12. The maximum Gasteiger partial charge on any atom is 0.417 e. The molecule has 0 spiro atoms. The number of nitrogens with zero attached hydrogens (tertiary/aromatic N) is 3. The van der Waals surface area contributed by atoms with Crippen LogP contribution < -0.4 is 0 Å². The number of rotatable bonds is 5. The second-order valence-electron chi connectivity index (χ2n) is 17.1. The molecule has 350 valence electrons. The van der Waals surface area contributed by atoms with Crippen molar-refractivity contribution in [2.45, 2.75) is 38.6 Å². The number of hydrogen-bond donors (Lipinski definition) is 0. The summed E-state index contributed by atoms with van der Waals surface area (Å²) in [4.78, 5) is 0. The topological polar surface area (TPSA) is 33.6 Å². The van der Waals surface area contributed by atoms with Gasteiger partial charge in [-0.3, -0.25) is 0 Å². The molecule has 2 heterocycles. The van der Waals surface area contributed by atoms with Crippen molar-refractivity contribution in [1.82, 2.24) is 9.13 Å².